The molecule has 1 amide bonds. The molecule has 9 nitrogen and oxygen atoms in total. The van der Waals surface area contributed by atoms with Gasteiger partial charge in [0.05, 0.1) is 12.3 Å². The van der Waals surface area contributed by atoms with Gasteiger partial charge >= 0.3 is 5.97 Å². The van der Waals surface area contributed by atoms with Crippen LogP contribution in [0.4, 0.5) is 0 Å². The zero-order valence-corrected chi connectivity index (χ0v) is 15.7. The molecule has 1 heterocycles. The van der Waals surface area contributed by atoms with Crippen molar-refractivity contribution in [2.45, 2.75) is 18.9 Å². The molecule has 0 radical (unpaired) electrons. The Morgan fingerprint density at radius 1 is 1.30 bits per heavy atom. The van der Waals surface area contributed by atoms with Crippen LogP contribution in [0.5, 0.6) is 0 Å². The molecule has 0 saturated heterocycles. The second kappa shape index (κ2) is 9.49. The van der Waals surface area contributed by atoms with E-state index in [0.717, 1.165) is 16.5 Å². The number of aliphatic carboxylic acids is 1. The summed E-state index contributed by atoms with van der Waals surface area (Å²) in [5.74, 6) is -2.08. The van der Waals surface area contributed by atoms with E-state index in [4.69, 9.17) is 4.74 Å². The van der Waals surface area contributed by atoms with Gasteiger partial charge in [-0.2, -0.15) is 0 Å². The van der Waals surface area contributed by atoms with Gasteiger partial charge in [-0.25, -0.2) is 17.9 Å². The van der Waals surface area contributed by atoms with Crippen LogP contribution >= 0.6 is 0 Å². The number of ether oxygens (including phenoxy) is 1. The molecule has 1 aromatic heterocycles. The van der Waals surface area contributed by atoms with Crippen LogP contribution in [0.15, 0.2) is 30.5 Å². The number of aromatic nitrogens is 1. The molecular formula is C17H23N3O6S. The summed E-state index contributed by atoms with van der Waals surface area (Å²) >= 11 is 0. The molecule has 0 aliphatic carbocycles. The number of methoxy groups -OCH3 is 1. The first kappa shape index (κ1) is 20.9. The van der Waals surface area contributed by atoms with Crippen LogP contribution in [0.2, 0.25) is 0 Å². The predicted molar refractivity (Wildman–Crippen MR) is 99.9 cm³/mol. The van der Waals surface area contributed by atoms with Crippen LogP contribution in [-0.4, -0.2) is 62.4 Å². The van der Waals surface area contributed by atoms with Gasteiger partial charge in [0.1, 0.15) is 6.04 Å². The Labute approximate surface area is 157 Å². The number of aromatic amines is 1. The maximum absolute atomic E-state index is 12.0. The van der Waals surface area contributed by atoms with Crippen molar-refractivity contribution in [1.29, 1.82) is 0 Å². The lowest BCUT2D eigenvalue weighted by Crippen LogP contribution is -2.46. The van der Waals surface area contributed by atoms with Gasteiger partial charge in [-0.3, -0.25) is 4.79 Å². The molecule has 4 N–H and O–H groups in total. The van der Waals surface area contributed by atoms with Crippen LogP contribution < -0.4 is 10.0 Å². The fourth-order valence-electron chi connectivity index (χ4n) is 2.61. The summed E-state index contributed by atoms with van der Waals surface area (Å²) in [6.07, 6.45) is 2.07. The Morgan fingerprint density at radius 2 is 2.04 bits per heavy atom. The SMILES string of the molecule is COCCCS(=O)(=O)NCC(=O)NC(Cc1c[nH]c2ccccc12)C(=O)O. The molecule has 0 aliphatic heterocycles. The average Bonchev–Trinajstić information content (AvgIpc) is 3.03. The van der Waals surface area contributed by atoms with Gasteiger partial charge in [-0.05, 0) is 18.1 Å². The van der Waals surface area contributed by atoms with Gasteiger partial charge in [0.25, 0.3) is 0 Å². The van der Waals surface area contributed by atoms with Gasteiger partial charge in [0, 0.05) is 37.2 Å². The standard InChI is InChI=1S/C17H23N3O6S/c1-26-7-4-8-27(24,25)19-11-16(21)20-15(17(22)23)9-12-10-18-14-6-3-2-5-13(12)14/h2-3,5-6,10,15,18-19H,4,7-9,11H2,1H3,(H,20,21)(H,22,23). The van der Waals surface area contributed by atoms with E-state index in [9.17, 15) is 23.1 Å². The summed E-state index contributed by atoms with van der Waals surface area (Å²) in [7, 11) is -2.16. The van der Waals surface area contributed by atoms with Gasteiger partial charge in [-0.15, -0.1) is 0 Å². The monoisotopic (exact) mass is 397 g/mol. The van der Waals surface area contributed by atoms with E-state index in [1.165, 1.54) is 7.11 Å². The lowest BCUT2D eigenvalue weighted by Gasteiger charge is -2.14. The number of H-pyrrole nitrogens is 1. The van der Waals surface area contributed by atoms with Crippen LogP contribution in [0.3, 0.4) is 0 Å². The van der Waals surface area contributed by atoms with Gasteiger partial charge < -0.3 is 20.1 Å². The lowest BCUT2D eigenvalue weighted by molar-refractivity contribution is -0.141. The number of carbonyl (C=O) groups is 2. The summed E-state index contributed by atoms with van der Waals surface area (Å²) in [6, 6.07) is 6.25. The highest BCUT2D eigenvalue weighted by molar-refractivity contribution is 7.89. The molecule has 0 spiro atoms. The number of nitrogens with one attached hydrogen (secondary N) is 3. The quantitative estimate of drug-likeness (QED) is 0.401. The largest absolute Gasteiger partial charge is 0.480 e. The highest BCUT2D eigenvalue weighted by atomic mass is 32.2. The molecule has 2 aromatic rings. The van der Waals surface area contributed by atoms with E-state index in [1.54, 1.807) is 6.20 Å². The average molecular weight is 397 g/mol. The van der Waals surface area contributed by atoms with Crippen molar-refractivity contribution in [3.8, 4) is 0 Å². The zero-order valence-electron chi connectivity index (χ0n) is 14.9. The van der Waals surface area contributed by atoms with Crippen molar-refractivity contribution < 1.29 is 27.9 Å². The number of carboxylic acid groups (broad SMARTS) is 1. The predicted octanol–water partition coefficient (Wildman–Crippen LogP) is 0.236. The number of hydrogen-bond acceptors (Lipinski definition) is 5. The smallest absolute Gasteiger partial charge is 0.326 e. The number of fused-ring (bicyclic) bond motifs is 1. The van der Waals surface area contributed by atoms with E-state index in [-0.39, 0.29) is 12.2 Å². The molecule has 27 heavy (non-hydrogen) atoms. The minimum Gasteiger partial charge on any atom is -0.480 e. The molecule has 1 aromatic carbocycles. The van der Waals surface area contributed by atoms with Crippen molar-refractivity contribution in [3.05, 3.63) is 36.0 Å². The molecular weight excluding hydrogens is 374 g/mol. The molecule has 0 bridgehead atoms. The number of carbonyl (C=O) groups excluding carboxylic acids is 1. The summed E-state index contributed by atoms with van der Waals surface area (Å²) in [5, 5.41) is 12.6. The Bertz CT molecular complexity index is 893. The highest BCUT2D eigenvalue weighted by Gasteiger charge is 2.22. The number of hydrogen-bond donors (Lipinski definition) is 4. The molecule has 1 atom stereocenters. The van der Waals surface area contributed by atoms with Crippen molar-refractivity contribution in [2.75, 3.05) is 26.0 Å². The first-order valence-electron chi connectivity index (χ1n) is 8.36. The second-order valence-corrected chi connectivity index (χ2v) is 7.93. The van der Waals surface area contributed by atoms with Crippen LogP contribution in [-0.2, 0) is 30.8 Å². The highest BCUT2D eigenvalue weighted by Crippen LogP contribution is 2.19. The first-order valence-corrected chi connectivity index (χ1v) is 10.0. The molecule has 0 aliphatic rings. The number of carboxylic acids is 1. The van der Waals surface area contributed by atoms with Crippen molar-refractivity contribution >= 4 is 32.8 Å². The van der Waals surface area contributed by atoms with E-state index in [0.29, 0.717) is 13.0 Å². The maximum atomic E-state index is 12.0. The number of sulfonamides is 1. The third-order valence-electron chi connectivity index (χ3n) is 3.95. The van der Waals surface area contributed by atoms with Gasteiger partial charge in [0.2, 0.25) is 15.9 Å². The van der Waals surface area contributed by atoms with E-state index in [1.807, 2.05) is 24.3 Å². The molecule has 1 unspecified atom stereocenters. The third-order valence-corrected chi connectivity index (χ3v) is 5.36. The zero-order chi connectivity index (χ0) is 19.9. The minimum absolute atomic E-state index is 0.0751. The minimum atomic E-state index is -3.63. The van der Waals surface area contributed by atoms with E-state index >= 15 is 0 Å². The van der Waals surface area contributed by atoms with Gasteiger partial charge in [-0.1, -0.05) is 18.2 Å². The second-order valence-electron chi connectivity index (χ2n) is 6.01. The summed E-state index contributed by atoms with van der Waals surface area (Å²) in [4.78, 5) is 26.5. The number of benzene rings is 1. The third kappa shape index (κ3) is 6.35. The summed E-state index contributed by atoms with van der Waals surface area (Å²) < 4.78 is 30.5. The fraction of sp³-hybridized carbons (Fsp3) is 0.412. The number of para-hydroxylation sites is 1. The molecule has 148 valence electrons. The van der Waals surface area contributed by atoms with Crippen molar-refractivity contribution in [3.63, 3.8) is 0 Å². The normalized spacial score (nSPS) is 12.8. The summed E-state index contributed by atoms with van der Waals surface area (Å²) in [6.45, 7) is -0.230. The number of amides is 1. The molecule has 10 heteroatoms. The fourth-order valence-corrected chi connectivity index (χ4v) is 3.60. The molecule has 0 fully saturated rings. The van der Waals surface area contributed by atoms with E-state index in [2.05, 4.69) is 15.0 Å². The first-order chi connectivity index (χ1) is 12.8. The lowest BCUT2D eigenvalue weighted by atomic mass is 10.1. The Hall–Kier alpha value is -2.43. The van der Waals surface area contributed by atoms with Gasteiger partial charge in [0.15, 0.2) is 0 Å². The van der Waals surface area contributed by atoms with Crippen molar-refractivity contribution in [1.82, 2.24) is 15.0 Å². The Morgan fingerprint density at radius 3 is 2.74 bits per heavy atom. The Balaban J connectivity index is 1.93. The summed E-state index contributed by atoms with van der Waals surface area (Å²) in [5.41, 5.74) is 1.62. The Kier molecular flexibility index (Phi) is 7.34. The molecule has 0 saturated carbocycles. The van der Waals surface area contributed by atoms with Crippen LogP contribution in [0.1, 0.15) is 12.0 Å². The molecule has 2 rings (SSSR count). The maximum Gasteiger partial charge on any atom is 0.326 e. The van der Waals surface area contributed by atoms with Crippen LogP contribution in [0, 0.1) is 0 Å². The topological polar surface area (TPSA) is 138 Å². The number of rotatable bonds is 11. The van der Waals surface area contributed by atoms with Crippen LogP contribution in [0.25, 0.3) is 10.9 Å². The van der Waals surface area contributed by atoms with E-state index < -0.39 is 34.5 Å². The van der Waals surface area contributed by atoms with Crippen molar-refractivity contribution in [2.24, 2.45) is 0 Å².